The molecule has 2 aromatic carbocycles. The van der Waals surface area contributed by atoms with Crippen molar-refractivity contribution in [3.05, 3.63) is 59.7 Å². The smallest absolute Gasteiger partial charge is 0.317 e. The number of benzene rings is 2. The van der Waals surface area contributed by atoms with Crippen LogP contribution < -0.4 is 14.2 Å². The molecule has 1 aliphatic carbocycles. The van der Waals surface area contributed by atoms with E-state index in [1.54, 1.807) is 34.3 Å². The number of esters is 1. The van der Waals surface area contributed by atoms with Gasteiger partial charge < -0.3 is 18.9 Å². The summed E-state index contributed by atoms with van der Waals surface area (Å²) in [6.07, 6.45) is 2.01. The largest absolute Gasteiger partial charge is 0.496 e. The molecular formula is C24H26O6. The molecule has 6 nitrogen and oxygen atoms in total. The maximum Gasteiger partial charge on any atom is 0.317 e. The van der Waals surface area contributed by atoms with Crippen LogP contribution in [0, 0.1) is 5.92 Å². The second-order valence-electron chi connectivity index (χ2n) is 6.92. The van der Waals surface area contributed by atoms with Crippen molar-refractivity contribution in [1.29, 1.82) is 0 Å². The Morgan fingerprint density at radius 1 is 0.967 bits per heavy atom. The van der Waals surface area contributed by atoms with Crippen LogP contribution in [0.2, 0.25) is 0 Å². The molecule has 0 bridgehead atoms. The molecule has 2 atom stereocenters. The molecule has 0 amide bonds. The van der Waals surface area contributed by atoms with Gasteiger partial charge in [0.2, 0.25) is 0 Å². The number of ether oxygens (including phenoxy) is 4. The lowest BCUT2D eigenvalue weighted by Gasteiger charge is -2.30. The van der Waals surface area contributed by atoms with E-state index in [-0.39, 0.29) is 12.4 Å². The fourth-order valence-corrected chi connectivity index (χ4v) is 3.89. The average molecular weight is 410 g/mol. The molecule has 0 saturated carbocycles. The van der Waals surface area contributed by atoms with E-state index in [9.17, 15) is 9.59 Å². The predicted molar refractivity (Wildman–Crippen MR) is 113 cm³/mol. The van der Waals surface area contributed by atoms with Gasteiger partial charge >= 0.3 is 5.97 Å². The van der Waals surface area contributed by atoms with Crippen molar-refractivity contribution in [2.24, 2.45) is 5.92 Å². The molecule has 1 aliphatic rings. The van der Waals surface area contributed by atoms with Crippen molar-refractivity contribution in [2.45, 2.75) is 19.3 Å². The molecule has 30 heavy (non-hydrogen) atoms. The van der Waals surface area contributed by atoms with Crippen LogP contribution in [-0.2, 0) is 14.3 Å². The van der Waals surface area contributed by atoms with Gasteiger partial charge in [-0.3, -0.25) is 9.59 Å². The minimum absolute atomic E-state index is 0.216. The van der Waals surface area contributed by atoms with Crippen LogP contribution in [0.5, 0.6) is 17.2 Å². The van der Waals surface area contributed by atoms with Gasteiger partial charge in [-0.15, -0.1) is 0 Å². The zero-order valence-corrected chi connectivity index (χ0v) is 17.6. The van der Waals surface area contributed by atoms with Crippen LogP contribution in [0.15, 0.2) is 48.5 Å². The van der Waals surface area contributed by atoms with Gasteiger partial charge in [0.1, 0.15) is 11.7 Å². The molecule has 0 saturated heterocycles. The average Bonchev–Trinajstić information content (AvgIpc) is 2.78. The van der Waals surface area contributed by atoms with Crippen LogP contribution in [-0.4, -0.2) is 39.7 Å². The Labute approximate surface area is 176 Å². The lowest BCUT2D eigenvalue weighted by atomic mass is 9.73. The second kappa shape index (κ2) is 9.48. The summed E-state index contributed by atoms with van der Waals surface area (Å²) in [4.78, 5) is 25.8. The highest BCUT2D eigenvalue weighted by atomic mass is 16.5. The fourth-order valence-electron chi connectivity index (χ4n) is 3.89. The quantitative estimate of drug-likeness (QED) is 0.507. The Balaban J connectivity index is 2.07. The van der Waals surface area contributed by atoms with Gasteiger partial charge in [0.15, 0.2) is 17.3 Å². The summed E-state index contributed by atoms with van der Waals surface area (Å²) < 4.78 is 21.4. The number of carbonyl (C=O) groups excluding carboxylic acids is 2. The summed E-state index contributed by atoms with van der Waals surface area (Å²) in [6.45, 7) is 1.95. The van der Waals surface area contributed by atoms with Crippen LogP contribution in [0.1, 0.15) is 30.4 Å². The van der Waals surface area contributed by atoms with Crippen LogP contribution in [0.4, 0.5) is 0 Å². The van der Waals surface area contributed by atoms with Crippen molar-refractivity contribution >= 4 is 17.3 Å². The monoisotopic (exact) mass is 410 g/mol. The molecule has 0 unspecified atom stereocenters. The first-order valence-corrected chi connectivity index (χ1v) is 9.80. The third-order valence-corrected chi connectivity index (χ3v) is 5.30. The lowest BCUT2D eigenvalue weighted by Crippen LogP contribution is -2.34. The molecule has 0 heterocycles. The first kappa shape index (κ1) is 21.4. The van der Waals surface area contributed by atoms with Crippen molar-refractivity contribution in [3.63, 3.8) is 0 Å². The summed E-state index contributed by atoms with van der Waals surface area (Å²) in [5.74, 6) is -0.287. The minimum atomic E-state index is -0.912. The number of ketones is 1. The molecule has 2 aromatic rings. The van der Waals surface area contributed by atoms with Crippen molar-refractivity contribution in [3.8, 4) is 17.2 Å². The predicted octanol–water partition coefficient (Wildman–Crippen LogP) is 4.03. The summed E-state index contributed by atoms with van der Waals surface area (Å²) in [5.41, 5.74) is 2.46. The van der Waals surface area contributed by atoms with Crippen molar-refractivity contribution in [1.82, 2.24) is 0 Å². The number of rotatable bonds is 7. The molecule has 0 aliphatic heterocycles. The van der Waals surface area contributed by atoms with Crippen LogP contribution >= 0.6 is 0 Å². The van der Waals surface area contributed by atoms with E-state index in [1.807, 2.05) is 36.4 Å². The van der Waals surface area contributed by atoms with Gasteiger partial charge in [0.05, 0.1) is 27.9 Å². The van der Waals surface area contributed by atoms with Gasteiger partial charge in [-0.2, -0.15) is 0 Å². The third kappa shape index (κ3) is 4.17. The number of para-hydroxylation sites is 1. The summed E-state index contributed by atoms with van der Waals surface area (Å²) in [7, 11) is 4.72. The number of hydrogen-bond acceptors (Lipinski definition) is 6. The maximum atomic E-state index is 13.1. The Morgan fingerprint density at radius 2 is 1.67 bits per heavy atom. The Kier molecular flexibility index (Phi) is 6.77. The maximum absolute atomic E-state index is 13.1. The van der Waals surface area contributed by atoms with Crippen molar-refractivity contribution in [2.75, 3.05) is 27.9 Å². The normalized spacial score (nSPS) is 18.4. The van der Waals surface area contributed by atoms with E-state index in [1.165, 1.54) is 6.08 Å². The van der Waals surface area contributed by atoms with Crippen LogP contribution in [0.3, 0.4) is 0 Å². The topological polar surface area (TPSA) is 71.1 Å². The van der Waals surface area contributed by atoms with Crippen molar-refractivity contribution < 1.29 is 28.5 Å². The Morgan fingerprint density at radius 3 is 2.33 bits per heavy atom. The first-order chi connectivity index (χ1) is 14.5. The molecule has 158 valence electrons. The molecule has 6 heteroatoms. The Bertz CT molecular complexity index is 962. The second-order valence-corrected chi connectivity index (χ2v) is 6.92. The van der Waals surface area contributed by atoms with Gasteiger partial charge in [0.25, 0.3) is 0 Å². The first-order valence-electron chi connectivity index (χ1n) is 9.80. The van der Waals surface area contributed by atoms with Crippen LogP contribution in [0.25, 0.3) is 5.57 Å². The standard InChI is InChI=1S/C24H26O6/c1-5-30-24(26)23-18(17-8-6-7-9-20(17)27-2)12-16(13-19(23)25)15-10-11-21(28-3)22(14-15)29-4/h6-11,13-14,18,23H,5,12H2,1-4H3/t18-,23+/m0/s1. The fraction of sp³-hybridized carbons (Fsp3) is 0.333. The SMILES string of the molecule is CCOC(=O)[C@H]1C(=O)C=C(c2ccc(OC)c(OC)c2)C[C@H]1c1ccccc1OC. The minimum Gasteiger partial charge on any atom is -0.496 e. The summed E-state index contributed by atoms with van der Waals surface area (Å²) in [6, 6.07) is 13.0. The summed E-state index contributed by atoms with van der Waals surface area (Å²) >= 11 is 0. The van der Waals surface area contributed by atoms with E-state index in [4.69, 9.17) is 18.9 Å². The number of allylic oxidation sites excluding steroid dienone is 2. The van der Waals surface area contributed by atoms with E-state index in [0.29, 0.717) is 23.7 Å². The highest BCUT2D eigenvalue weighted by Crippen LogP contribution is 2.44. The highest BCUT2D eigenvalue weighted by molar-refractivity contribution is 6.10. The molecule has 3 rings (SSSR count). The van der Waals surface area contributed by atoms with Gasteiger partial charge in [-0.05, 0) is 54.3 Å². The molecule has 0 fully saturated rings. The molecular weight excluding hydrogens is 384 g/mol. The molecule has 0 aromatic heterocycles. The zero-order valence-electron chi connectivity index (χ0n) is 17.6. The van der Waals surface area contributed by atoms with E-state index < -0.39 is 17.8 Å². The number of carbonyl (C=O) groups is 2. The molecule has 0 spiro atoms. The van der Waals surface area contributed by atoms with Gasteiger partial charge in [0, 0.05) is 5.92 Å². The highest BCUT2D eigenvalue weighted by Gasteiger charge is 2.41. The van der Waals surface area contributed by atoms with Gasteiger partial charge in [-0.25, -0.2) is 0 Å². The van der Waals surface area contributed by atoms with Gasteiger partial charge in [-0.1, -0.05) is 24.3 Å². The summed E-state index contributed by atoms with van der Waals surface area (Å²) in [5, 5.41) is 0. The molecule has 0 N–H and O–H groups in total. The van der Waals surface area contributed by atoms with E-state index in [0.717, 1.165) is 16.7 Å². The Hall–Kier alpha value is -3.28. The lowest BCUT2D eigenvalue weighted by molar-refractivity contribution is -0.151. The number of hydrogen-bond donors (Lipinski definition) is 0. The van der Waals surface area contributed by atoms with E-state index >= 15 is 0 Å². The zero-order chi connectivity index (χ0) is 21.7. The number of methoxy groups -OCH3 is 3. The third-order valence-electron chi connectivity index (χ3n) is 5.30. The van der Waals surface area contributed by atoms with E-state index in [2.05, 4.69) is 0 Å². The molecule has 0 radical (unpaired) electrons.